The van der Waals surface area contributed by atoms with Crippen molar-refractivity contribution < 1.29 is 4.74 Å². The topological polar surface area (TPSA) is 21.6 Å². The van der Waals surface area contributed by atoms with Crippen molar-refractivity contribution in [3.8, 4) is 0 Å². The summed E-state index contributed by atoms with van der Waals surface area (Å²) in [6.45, 7) is 6.15. The van der Waals surface area contributed by atoms with E-state index < -0.39 is 0 Å². The molecule has 0 aliphatic carbocycles. The van der Waals surface area contributed by atoms with E-state index in [2.05, 4.69) is 31.0 Å². The summed E-state index contributed by atoms with van der Waals surface area (Å²) in [5.74, 6) is 1.74. The highest BCUT2D eigenvalue weighted by Crippen LogP contribution is 2.21. The van der Waals surface area contributed by atoms with Gasteiger partial charge in [-0.2, -0.15) is 0 Å². The number of allylic oxidation sites excluding steroid dienone is 1. The largest absolute Gasteiger partial charge is 0.448 e. The van der Waals surface area contributed by atoms with Gasteiger partial charge < -0.3 is 4.74 Å². The van der Waals surface area contributed by atoms with Crippen LogP contribution in [0.3, 0.4) is 0 Å². The molecule has 0 saturated carbocycles. The molecule has 0 bridgehead atoms. The molecule has 1 aliphatic rings. The second-order valence-corrected chi connectivity index (χ2v) is 4.68. The van der Waals surface area contributed by atoms with Gasteiger partial charge in [0.1, 0.15) is 5.76 Å². The highest BCUT2D eigenvalue weighted by atomic mass is 16.5. The monoisotopic (exact) mass is 215 g/mol. The van der Waals surface area contributed by atoms with Crippen molar-refractivity contribution in [2.45, 2.75) is 32.7 Å². The molecule has 1 heterocycles. The van der Waals surface area contributed by atoms with E-state index in [0.29, 0.717) is 0 Å². The van der Waals surface area contributed by atoms with Crippen LogP contribution in [0.1, 0.15) is 26.3 Å². The maximum absolute atomic E-state index is 5.64. The molecule has 2 rings (SSSR count). The van der Waals surface area contributed by atoms with Gasteiger partial charge in [-0.25, -0.2) is 4.99 Å². The molecule has 1 aliphatic heterocycles. The highest BCUT2D eigenvalue weighted by molar-refractivity contribution is 5.81. The Bertz CT molecular complexity index is 429. The van der Waals surface area contributed by atoms with Gasteiger partial charge in [0, 0.05) is 6.42 Å². The Balaban J connectivity index is 2.15. The molecular weight excluding hydrogens is 198 g/mol. The molecule has 16 heavy (non-hydrogen) atoms. The summed E-state index contributed by atoms with van der Waals surface area (Å²) in [6.07, 6.45) is 2.80. The molecule has 0 N–H and O–H groups in total. The molecule has 0 radical (unpaired) electrons. The fourth-order valence-electron chi connectivity index (χ4n) is 1.94. The first kappa shape index (κ1) is 10.9. The third-order valence-corrected chi connectivity index (χ3v) is 2.45. The summed E-state index contributed by atoms with van der Waals surface area (Å²) in [7, 11) is 0. The summed E-state index contributed by atoms with van der Waals surface area (Å²) < 4.78 is 5.64. The van der Waals surface area contributed by atoms with E-state index in [0.717, 1.165) is 18.1 Å². The lowest BCUT2D eigenvalue weighted by Gasteiger charge is -2.24. The van der Waals surface area contributed by atoms with Crippen LogP contribution in [0.25, 0.3) is 0 Å². The fourth-order valence-corrected chi connectivity index (χ4v) is 1.94. The maximum Gasteiger partial charge on any atom is 0.194 e. The van der Waals surface area contributed by atoms with Crippen molar-refractivity contribution >= 4 is 5.90 Å². The van der Waals surface area contributed by atoms with Crippen LogP contribution in [-0.2, 0) is 11.2 Å². The third-order valence-electron chi connectivity index (χ3n) is 2.45. The number of aliphatic imine (C=N–C) groups is 1. The number of benzene rings is 1. The van der Waals surface area contributed by atoms with Crippen molar-refractivity contribution in [2.24, 2.45) is 4.99 Å². The predicted octanol–water partition coefficient (Wildman–Crippen LogP) is 3.34. The fraction of sp³-hybridized carbons (Fsp3) is 0.357. The van der Waals surface area contributed by atoms with Gasteiger partial charge in [0.05, 0.1) is 5.54 Å². The molecule has 0 atom stereocenters. The third kappa shape index (κ3) is 2.72. The normalized spacial score (nSPS) is 18.4. The van der Waals surface area contributed by atoms with E-state index in [1.807, 2.05) is 31.2 Å². The van der Waals surface area contributed by atoms with Crippen LogP contribution in [0.4, 0.5) is 0 Å². The molecule has 0 amide bonds. The van der Waals surface area contributed by atoms with Gasteiger partial charge in [0.2, 0.25) is 0 Å². The predicted molar refractivity (Wildman–Crippen MR) is 66.5 cm³/mol. The first-order valence-corrected chi connectivity index (χ1v) is 5.55. The SMILES string of the molecule is CC1=CC(C)(C)N=C(Cc2ccccc2)O1. The van der Waals surface area contributed by atoms with Crippen LogP contribution in [0.15, 0.2) is 47.2 Å². The molecule has 0 unspecified atom stereocenters. The Labute approximate surface area is 96.7 Å². The van der Waals surface area contributed by atoms with E-state index in [-0.39, 0.29) is 5.54 Å². The lowest BCUT2D eigenvalue weighted by atomic mass is 10.0. The van der Waals surface area contributed by atoms with Gasteiger partial charge in [-0.3, -0.25) is 0 Å². The number of hydrogen-bond donors (Lipinski definition) is 0. The van der Waals surface area contributed by atoms with Gasteiger partial charge in [-0.05, 0) is 32.4 Å². The molecule has 2 heteroatoms. The van der Waals surface area contributed by atoms with Crippen LogP contribution < -0.4 is 0 Å². The van der Waals surface area contributed by atoms with Crippen molar-refractivity contribution in [3.05, 3.63) is 47.7 Å². The average molecular weight is 215 g/mol. The smallest absolute Gasteiger partial charge is 0.194 e. The van der Waals surface area contributed by atoms with Gasteiger partial charge in [-0.15, -0.1) is 0 Å². The zero-order valence-electron chi connectivity index (χ0n) is 10.0. The molecule has 2 nitrogen and oxygen atoms in total. The molecular formula is C14H17NO. The molecule has 84 valence electrons. The van der Waals surface area contributed by atoms with E-state index in [1.54, 1.807) is 0 Å². The van der Waals surface area contributed by atoms with Crippen molar-refractivity contribution in [1.29, 1.82) is 0 Å². The van der Waals surface area contributed by atoms with Crippen molar-refractivity contribution in [3.63, 3.8) is 0 Å². The Morgan fingerprint density at radius 3 is 2.50 bits per heavy atom. The molecule has 0 fully saturated rings. The number of ether oxygens (including phenoxy) is 1. The van der Waals surface area contributed by atoms with Crippen molar-refractivity contribution in [2.75, 3.05) is 0 Å². The number of hydrogen-bond acceptors (Lipinski definition) is 2. The standard InChI is InChI=1S/C14H17NO/c1-11-10-14(2,3)15-13(16-11)9-12-7-5-4-6-8-12/h4-8,10H,9H2,1-3H3. The summed E-state index contributed by atoms with van der Waals surface area (Å²) in [6, 6.07) is 10.3. The second kappa shape index (κ2) is 4.12. The quantitative estimate of drug-likeness (QED) is 0.741. The first-order valence-electron chi connectivity index (χ1n) is 5.55. The minimum absolute atomic E-state index is 0.146. The van der Waals surface area contributed by atoms with Crippen LogP contribution in [0.2, 0.25) is 0 Å². The lowest BCUT2D eigenvalue weighted by molar-refractivity contribution is 0.371. The van der Waals surface area contributed by atoms with Gasteiger partial charge in [-0.1, -0.05) is 30.3 Å². The molecule has 1 aromatic carbocycles. The molecule has 0 spiro atoms. The summed E-state index contributed by atoms with van der Waals surface area (Å²) in [4.78, 5) is 4.58. The summed E-state index contributed by atoms with van der Waals surface area (Å²) in [5, 5.41) is 0. The van der Waals surface area contributed by atoms with Gasteiger partial charge in [0.15, 0.2) is 5.90 Å². The Kier molecular flexibility index (Phi) is 2.82. The van der Waals surface area contributed by atoms with E-state index in [9.17, 15) is 0 Å². The Morgan fingerprint density at radius 1 is 1.19 bits per heavy atom. The maximum atomic E-state index is 5.64. The zero-order chi connectivity index (χ0) is 11.6. The van der Waals surface area contributed by atoms with Gasteiger partial charge >= 0.3 is 0 Å². The molecule has 0 saturated heterocycles. The number of nitrogens with zero attached hydrogens (tertiary/aromatic N) is 1. The van der Waals surface area contributed by atoms with Crippen LogP contribution in [0.5, 0.6) is 0 Å². The first-order chi connectivity index (χ1) is 7.55. The van der Waals surface area contributed by atoms with Gasteiger partial charge in [0.25, 0.3) is 0 Å². The van der Waals surface area contributed by atoms with Crippen LogP contribution in [-0.4, -0.2) is 11.4 Å². The van der Waals surface area contributed by atoms with E-state index in [1.165, 1.54) is 5.56 Å². The highest BCUT2D eigenvalue weighted by Gasteiger charge is 2.21. The lowest BCUT2D eigenvalue weighted by Crippen LogP contribution is -2.24. The average Bonchev–Trinajstić information content (AvgIpc) is 2.15. The minimum Gasteiger partial charge on any atom is -0.448 e. The molecule has 0 aromatic heterocycles. The Hall–Kier alpha value is -1.57. The van der Waals surface area contributed by atoms with Crippen molar-refractivity contribution in [1.82, 2.24) is 0 Å². The van der Waals surface area contributed by atoms with E-state index in [4.69, 9.17) is 4.74 Å². The number of rotatable bonds is 2. The second-order valence-electron chi connectivity index (χ2n) is 4.68. The van der Waals surface area contributed by atoms with Crippen LogP contribution in [0, 0.1) is 0 Å². The van der Waals surface area contributed by atoms with E-state index >= 15 is 0 Å². The Morgan fingerprint density at radius 2 is 1.88 bits per heavy atom. The summed E-state index contributed by atoms with van der Waals surface area (Å²) >= 11 is 0. The zero-order valence-corrected chi connectivity index (χ0v) is 10.0. The molecule has 1 aromatic rings. The minimum atomic E-state index is -0.146. The van der Waals surface area contributed by atoms with Crippen LogP contribution >= 0.6 is 0 Å². The summed E-state index contributed by atoms with van der Waals surface area (Å²) in [5.41, 5.74) is 1.08.